The lowest BCUT2D eigenvalue weighted by molar-refractivity contribution is -0.182. The highest BCUT2D eigenvalue weighted by molar-refractivity contribution is 5.93. The summed E-state index contributed by atoms with van der Waals surface area (Å²) in [5.41, 5.74) is 0.781. The summed E-state index contributed by atoms with van der Waals surface area (Å²) in [7, 11) is 1.44. The fourth-order valence-electron chi connectivity index (χ4n) is 10.9. The smallest absolute Gasteiger partial charge is 0.320 e. The predicted molar refractivity (Wildman–Crippen MR) is 180 cm³/mol. The Morgan fingerprint density at radius 3 is 2.32 bits per heavy atom. The van der Waals surface area contributed by atoms with E-state index in [1.54, 1.807) is 0 Å². The Morgan fingerprint density at radius 1 is 0.979 bits per heavy atom. The van der Waals surface area contributed by atoms with Gasteiger partial charge in [0.2, 0.25) is 11.8 Å². The molecule has 2 amide bonds. The number of nitrogens with one attached hydrogen (secondary N) is 1. The van der Waals surface area contributed by atoms with Crippen molar-refractivity contribution >= 4 is 28.6 Å². The number of benzene rings is 2. The quantitative estimate of drug-likeness (QED) is 0.306. The lowest BCUT2D eigenvalue weighted by Crippen LogP contribution is -2.61. The second-order valence-corrected chi connectivity index (χ2v) is 16.5. The van der Waals surface area contributed by atoms with E-state index in [4.69, 9.17) is 9.47 Å². The van der Waals surface area contributed by atoms with Gasteiger partial charge in [-0.25, -0.2) is 0 Å². The molecular weight excluding hydrogens is 588 g/mol. The molecule has 7 heteroatoms. The summed E-state index contributed by atoms with van der Waals surface area (Å²) in [6.45, 7) is 5.26. The third kappa shape index (κ3) is 5.41. The molecule has 1 saturated heterocycles. The van der Waals surface area contributed by atoms with Crippen LogP contribution in [0.3, 0.4) is 0 Å². The minimum atomic E-state index is -1.15. The molecule has 7 aliphatic rings. The van der Waals surface area contributed by atoms with Gasteiger partial charge in [-0.1, -0.05) is 56.3 Å². The molecule has 0 unspecified atom stereocenters. The number of ether oxygens (including phenoxy) is 2. The van der Waals surface area contributed by atoms with Gasteiger partial charge in [0.15, 0.2) is 0 Å². The van der Waals surface area contributed by atoms with E-state index >= 15 is 0 Å². The minimum absolute atomic E-state index is 0.0637. The van der Waals surface area contributed by atoms with Crippen molar-refractivity contribution in [2.24, 2.45) is 46.3 Å². The maximum atomic E-state index is 14.7. The Hall–Kier alpha value is -3.19. The number of fused-ring (bicyclic) bond motifs is 2. The van der Waals surface area contributed by atoms with Crippen molar-refractivity contribution in [2.75, 3.05) is 13.7 Å². The van der Waals surface area contributed by atoms with E-state index in [0.717, 1.165) is 46.9 Å². The van der Waals surface area contributed by atoms with E-state index in [1.165, 1.54) is 45.6 Å². The summed E-state index contributed by atoms with van der Waals surface area (Å²) >= 11 is 0. The number of rotatable bonds is 9. The highest BCUT2D eigenvalue weighted by atomic mass is 16.5. The maximum Gasteiger partial charge on any atom is 0.320 e. The maximum absolute atomic E-state index is 14.7. The van der Waals surface area contributed by atoms with Crippen LogP contribution in [-0.2, 0) is 30.4 Å². The third-order valence-corrected chi connectivity index (χ3v) is 12.8. The van der Waals surface area contributed by atoms with Crippen LogP contribution in [0.15, 0.2) is 54.2 Å². The molecule has 9 rings (SSSR count). The molecule has 2 aromatic carbocycles. The fraction of sp³-hybridized carbons (Fsp3) is 0.625. The van der Waals surface area contributed by atoms with Crippen molar-refractivity contribution in [3.05, 3.63) is 59.8 Å². The normalized spacial score (nSPS) is 36.0. The van der Waals surface area contributed by atoms with Gasteiger partial charge in [0.1, 0.15) is 5.41 Å². The Labute approximate surface area is 278 Å². The molecule has 0 radical (unpaired) electrons. The van der Waals surface area contributed by atoms with Crippen LogP contribution in [0.2, 0.25) is 0 Å². The Kier molecular flexibility index (Phi) is 7.77. The molecule has 250 valence electrons. The zero-order valence-electron chi connectivity index (χ0n) is 28.2. The zero-order valence-corrected chi connectivity index (χ0v) is 28.2. The first-order valence-corrected chi connectivity index (χ1v) is 18.2. The highest BCUT2D eigenvalue weighted by Crippen LogP contribution is 2.60. The van der Waals surface area contributed by atoms with Gasteiger partial charge in [-0.15, -0.1) is 0 Å². The van der Waals surface area contributed by atoms with Crippen LogP contribution in [0.25, 0.3) is 10.8 Å². The number of esters is 1. The topological polar surface area (TPSA) is 84.9 Å². The summed E-state index contributed by atoms with van der Waals surface area (Å²) < 4.78 is 12.4. The lowest BCUT2D eigenvalue weighted by atomic mass is 9.49. The van der Waals surface area contributed by atoms with Crippen molar-refractivity contribution in [2.45, 2.75) is 96.8 Å². The molecule has 1 N–H and O–H groups in total. The van der Waals surface area contributed by atoms with Gasteiger partial charge in [0.25, 0.3) is 0 Å². The first kappa shape index (κ1) is 31.1. The molecule has 0 spiro atoms. The van der Waals surface area contributed by atoms with Crippen LogP contribution in [0.1, 0.15) is 83.6 Å². The minimum Gasteiger partial charge on any atom is -0.468 e. The molecule has 5 aliphatic carbocycles. The SMILES string of the molecule is COC(=O)[C@]12C[C@H](CC(=O)NCC34CC5CC(CC(C5)C3)C4)C(=O)N(Cc3cccc4ccccc34)C1=C[C@H](C(C)C)O[C@@H]2C1CC1. The van der Waals surface area contributed by atoms with Gasteiger partial charge in [0, 0.05) is 24.6 Å². The molecule has 4 bridgehead atoms. The Morgan fingerprint density at radius 2 is 1.66 bits per heavy atom. The summed E-state index contributed by atoms with van der Waals surface area (Å²) in [4.78, 5) is 44.6. The Bertz CT molecular complexity index is 1570. The number of carbonyl (C=O) groups is 3. The number of piperidine rings is 1. The average molecular weight is 639 g/mol. The largest absolute Gasteiger partial charge is 0.468 e. The molecule has 2 aliphatic heterocycles. The van der Waals surface area contributed by atoms with Crippen LogP contribution in [0.4, 0.5) is 0 Å². The average Bonchev–Trinajstić information content (AvgIpc) is 3.90. The monoisotopic (exact) mass is 638 g/mol. The Balaban J connectivity index is 1.13. The molecule has 47 heavy (non-hydrogen) atoms. The van der Waals surface area contributed by atoms with Crippen molar-refractivity contribution < 1.29 is 23.9 Å². The van der Waals surface area contributed by atoms with Gasteiger partial charge >= 0.3 is 5.97 Å². The molecule has 6 fully saturated rings. The zero-order chi connectivity index (χ0) is 32.5. The first-order chi connectivity index (χ1) is 22.7. The summed E-state index contributed by atoms with van der Waals surface area (Å²) in [5.74, 6) is 1.63. The summed E-state index contributed by atoms with van der Waals surface area (Å²) in [6, 6.07) is 14.4. The molecule has 5 saturated carbocycles. The van der Waals surface area contributed by atoms with E-state index in [0.29, 0.717) is 18.8 Å². The molecular formula is C40H50N2O5. The molecule has 2 aromatic rings. The van der Waals surface area contributed by atoms with Crippen molar-refractivity contribution in [3.63, 3.8) is 0 Å². The number of hydrogen-bond acceptors (Lipinski definition) is 5. The summed E-state index contributed by atoms with van der Waals surface area (Å²) in [6.07, 6.45) is 11.4. The van der Waals surface area contributed by atoms with Gasteiger partial charge in [-0.3, -0.25) is 14.4 Å². The highest BCUT2D eigenvalue weighted by Gasteiger charge is 2.64. The van der Waals surface area contributed by atoms with E-state index in [1.807, 2.05) is 29.2 Å². The predicted octanol–water partition coefficient (Wildman–Crippen LogP) is 6.79. The number of carbonyl (C=O) groups excluding carboxylic acids is 3. The van der Waals surface area contributed by atoms with E-state index in [2.05, 4.69) is 43.4 Å². The number of amides is 2. The second kappa shape index (κ2) is 11.7. The second-order valence-electron chi connectivity index (χ2n) is 16.5. The third-order valence-electron chi connectivity index (χ3n) is 12.8. The van der Waals surface area contributed by atoms with Gasteiger partial charge in [-0.05, 0) is 115 Å². The fourth-order valence-corrected chi connectivity index (χ4v) is 10.9. The lowest BCUT2D eigenvalue weighted by Gasteiger charge is -2.57. The van der Waals surface area contributed by atoms with Crippen molar-refractivity contribution in [3.8, 4) is 0 Å². The van der Waals surface area contributed by atoms with Crippen LogP contribution in [-0.4, -0.2) is 48.5 Å². The number of likely N-dealkylation sites (tertiary alicyclic amines) is 1. The van der Waals surface area contributed by atoms with E-state index in [-0.39, 0.29) is 54.0 Å². The number of nitrogens with zero attached hydrogens (tertiary/aromatic N) is 1. The van der Waals surface area contributed by atoms with Crippen molar-refractivity contribution in [1.82, 2.24) is 10.2 Å². The van der Waals surface area contributed by atoms with Crippen LogP contribution < -0.4 is 5.32 Å². The first-order valence-electron chi connectivity index (χ1n) is 18.2. The van der Waals surface area contributed by atoms with Crippen LogP contribution in [0, 0.1) is 46.3 Å². The van der Waals surface area contributed by atoms with Crippen LogP contribution >= 0.6 is 0 Å². The van der Waals surface area contributed by atoms with Gasteiger partial charge in [0.05, 0.1) is 25.9 Å². The van der Waals surface area contributed by atoms with Gasteiger partial charge in [-0.2, -0.15) is 0 Å². The van der Waals surface area contributed by atoms with E-state index < -0.39 is 17.4 Å². The van der Waals surface area contributed by atoms with E-state index in [9.17, 15) is 14.4 Å². The summed E-state index contributed by atoms with van der Waals surface area (Å²) in [5, 5.41) is 5.50. The molecule has 7 nitrogen and oxygen atoms in total. The standard InChI is InChI=1S/C40H50N2O5/c1-24(2)33-17-34-40(38(45)46-3,36(47-33)29-11-12-29)21-31(37(44)42(34)22-30-9-6-8-28-7-4-5-10-32(28)30)16-35(43)41-23-39-18-25-13-26(19-39)15-27(14-25)20-39/h4-10,17,24-27,29,31,33,36H,11-16,18-23H2,1-3H3,(H,41,43)/t25?,26?,27?,31-,33+,36+,39?,40+/m0/s1. The van der Waals surface area contributed by atoms with Gasteiger partial charge < -0.3 is 19.7 Å². The molecule has 0 aromatic heterocycles. The number of methoxy groups -OCH3 is 1. The molecule has 2 heterocycles. The molecule has 4 atom stereocenters. The number of hydrogen-bond donors (Lipinski definition) is 1. The van der Waals surface area contributed by atoms with Crippen molar-refractivity contribution in [1.29, 1.82) is 0 Å². The van der Waals surface area contributed by atoms with Crippen LogP contribution in [0.5, 0.6) is 0 Å².